The second-order valence-corrected chi connectivity index (χ2v) is 7.46. The van der Waals surface area contributed by atoms with Crippen LogP contribution in [0.2, 0.25) is 0 Å². The lowest BCUT2D eigenvalue weighted by Gasteiger charge is -2.20. The van der Waals surface area contributed by atoms with Crippen LogP contribution in [0.4, 0.5) is 10.5 Å². The molecule has 0 aliphatic heterocycles. The van der Waals surface area contributed by atoms with Crippen molar-refractivity contribution < 1.29 is 29.0 Å². The lowest BCUT2D eigenvalue weighted by Crippen LogP contribution is -2.36. The lowest BCUT2D eigenvalue weighted by atomic mass is 10.1. The highest BCUT2D eigenvalue weighted by Gasteiger charge is 2.17. The predicted molar refractivity (Wildman–Crippen MR) is 123 cm³/mol. The molecule has 11 heteroatoms. The quantitative estimate of drug-likeness (QED) is 0.191. The van der Waals surface area contributed by atoms with Gasteiger partial charge in [0.2, 0.25) is 0 Å². The molecule has 2 aromatic rings. The highest BCUT2D eigenvalue weighted by atomic mass is 35.5. The van der Waals surface area contributed by atoms with Crippen molar-refractivity contribution in [3.8, 4) is 5.75 Å². The zero-order valence-electron chi connectivity index (χ0n) is 18.5. The Labute approximate surface area is 192 Å². The Morgan fingerprint density at radius 1 is 0.938 bits per heavy atom. The fourth-order valence-corrected chi connectivity index (χ4v) is 2.31. The van der Waals surface area contributed by atoms with Crippen LogP contribution in [0.3, 0.4) is 0 Å². The summed E-state index contributed by atoms with van der Waals surface area (Å²) in [6.07, 6.45) is -0.661. The first-order chi connectivity index (χ1) is 14.5. The summed E-state index contributed by atoms with van der Waals surface area (Å²) >= 11 is 0. The van der Waals surface area contributed by atoms with Crippen LogP contribution in [0.25, 0.3) is 0 Å². The van der Waals surface area contributed by atoms with Crippen LogP contribution in [-0.2, 0) is 4.74 Å². The third kappa shape index (κ3) is 8.80. The lowest BCUT2D eigenvalue weighted by molar-refractivity contribution is 0.0540. The second-order valence-electron chi connectivity index (χ2n) is 7.46. The number of rotatable bonds is 5. The number of hydrogen-bond acceptors (Lipinski definition) is 8. The fraction of sp³-hybridized carbons (Fsp3) is 0.286. The number of halogens is 1. The zero-order valence-corrected chi connectivity index (χ0v) is 19.3. The monoisotopic (exact) mass is 468 g/mol. The molecule has 32 heavy (non-hydrogen) atoms. The predicted octanol–water partition coefficient (Wildman–Crippen LogP) is 3.31. The van der Waals surface area contributed by atoms with Gasteiger partial charge in [-0.05, 0) is 70.0 Å². The summed E-state index contributed by atoms with van der Waals surface area (Å²) in [5, 5.41) is 9.10. The molecule has 0 aliphatic carbocycles. The zero-order chi connectivity index (χ0) is 23.8. The number of carbonyl (C=O) groups excluding carboxylic acids is 2. The molecule has 0 radical (unpaired) electrons. The van der Waals surface area contributed by atoms with E-state index in [1.165, 1.54) is 18.2 Å². The van der Waals surface area contributed by atoms with Gasteiger partial charge in [-0.15, -0.1) is 12.4 Å². The number of ether oxygens (including phenoxy) is 2. The molecule has 0 fully saturated rings. The van der Waals surface area contributed by atoms with Gasteiger partial charge in [0.1, 0.15) is 11.4 Å². The van der Waals surface area contributed by atoms with Gasteiger partial charge in [0.15, 0.2) is 0 Å². The van der Waals surface area contributed by atoms with Gasteiger partial charge in [-0.25, -0.2) is 19.8 Å². The molecule has 2 rings (SSSR count). The van der Waals surface area contributed by atoms with Gasteiger partial charge in [-0.3, -0.25) is 17.1 Å². The second kappa shape index (κ2) is 12.5. The van der Waals surface area contributed by atoms with E-state index in [1.54, 1.807) is 52.8 Å². The molecule has 0 bridgehead atoms. The molecule has 10 nitrogen and oxygen atoms in total. The van der Waals surface area contributed by atoms with E-state index in [0.29, 0.717) is 11.3 Å². The number of nitrogens with two attached hydrogens (primary N) is 2. The van der Waals surface area contributed by atoms with E-state index in [-0.39, 0.29) is 29.3 Å². The minimum Gasteiger partial charge on any atom is -0.478 e. The summed E-state index contributed by atoms with van der Waals surface area (Å²) in [6, 6.07) is 9.09. The molecule has 0 aromatic heterocycles. The van der Waals surface area contributed by atoms with Gasteiger partial charge >= 0.3 is 18.0 Å². The van der Waals surface area contributed by atoms with Crippen LogP contribution >= 0.6 is 12.4 Å². The number of carboxylic acid groups (broad SMARTS) is 1. The number of hydrogen-bond donors (Lipinski definition) is 5. The molecule has 0 heterocycles. The van der Waals surface area contributed by atoms with E-state index in [2.05, 4.69) is 22.5 Å². The van der Waals surface area contributed by atoms with Crippen LogP contribution in [-0.4, -0.2) is 28.7 Å². The van der Waals surface area contributed by atoms with Gasteiger partial charge in [0.25, 0.3) is 0 Å². The van der Waals surface area contributed by atoms with E-state index in [1.807, 2.05) is 0 Å². The molecule has 0 saturated heterocycles. The number of benzene rings is 2. The Morgan fingerprint density at radius 3 is 2.06 bits per heavy atom. The van der Waals surface area contributed by atoms with Gasteiger partial charge in [0.05, 0.1) is 16.8 Å². The summed E-state index contributed by atoms with van der Waals surface area (Å²) in [5.74, 6) is 6.39. The summed E-state index contributed by atoms with van der Waals surface area (Å²) in [6.45, 7) is 8.75. The number of aryl methyl sites for hydroxylation is 2. The third-order valence-electron chi connectivity index (χ3n) is 3.81. The van der Waals surface area contributed by atoms with E-state index in [9.17, 15) is 14.4 Å². The van der Waals surface area contributed by atoms with Crippen LogP contribution in [0.15, 0.2) is 36.4 Å². The number of hydrazine groups is 2. The number of carboxylic acids is 1. The SMILES string of the molecule is Cc1ccc(C(=O)Oc2cc(C(=O)O)ccc2C)cc1NNC(=O)OC(C)(C)C.Cl.NN. The highest BCUT2D eigenvalue weighted by Crippen LogP contribution is 2.23. The van der Waals surface area contributed by atoms with Crippen molar-refractivity contribution in [2.75, 3.05) is 5.43 Å². The number of anilines is 1. The molecule has 0 atom stereocenters. The van der Waals surface area contributed by atoms with Crippen LogP contribution in [0, 0.1) is 13.8 Å². The van der Waals surface area contributed by atoms with Gasteiger partial charge in [-0.1, -0.05) is 12.1 Å². The number of esters is 1. The topological polar surface area (TPSA) is 166 Å². The molecule has 0 saturated carbocycles. The summed E-state index contributed by atoms with van der Waals surface area (Å²) < 4.78 is 10.5. The van der Waals surface area contributed by atoms with Crippen LogP contribution < -0.4 is 27.3 Å². The average molecular weight is 469 g/mol. The fourth-order valence-electron chi connectivity index (χ4n) is 2.31. The summed E-state index contributed by atoms with van der Waals surface area (Å²) in [5.41, 5.74) is 6.63. The van der Waals surface area contributed by atoms with Crippen molar-refractivity contribution in [2.45, 2.75) is 40.2 Å². The van der Waals surface area contributed by atoms with Gasteiger partial charge in [0, 0.05) is 0 Å². The van der Waals surface area contributed by atoms with E-state index in [4.69, 9.17) is 14.6 Å². The minimum absolute atomic E-state index is 0. The Hall–Kier alpha value is -3.34. The maximum absolute atomic E-state index is 12.5. The Balaban J connectivity index is 0.00000311. The number of nitrogens with one attached hydrogen (secondary N) is 2. The average Bonchev–Trinajstić information content (AvgIpc) is 2.69. The number of amides is 1. The molecule has 2 aromatic carbocycles. The molecule has 0 aliphatic rings. The largest absolute Gasteiger partial charge is 0.478 e. The third-order valence-corrected chi connectivity index (χ3v) is 3.81. The summed E-state index contributed by atoms with van der Waals surface area (Å²) in [4.78, 5) is 35.4. The Kier molecular flexibility index (Phi) is 11.2. The molecule has 1 amide bonds. The van der Waals surface area contributed by atoms with Crippen molar-refractivity contribution in [1.82, 2.24) is 5.43 Å². The first-order valence-corrected chi connectivity index (χ1v) is 9.21. The van der Waals surface area contributed by atoms with Crippen molar-refractivity contribution in [3.63, 3.8) is 0 Å². The number of carbonyl (C=O) groups is 3. The first-order valence-electron chi connectivity index (χ1n) is 9.21. The van der Waals surface area contributed by atoms with Crippen LogP contribution in [0.5, 0.6) is 5.75 Å². The summed E-state index contributed by atoms with van der Waals surface area (Å²) in [7, 11) is 0. The minimum atomic E-state index is -1.11. The standard InChI is InChI=1S/C21H24N2O6.ClH.H4N2/c1-12-6-9-15(10-16(12)22-23-20(27)29-21(3,4)5)19(26)28-17-11-14(18(24)25)8-7-13(17)2;;1-2/h6-11,22H,1-5H3,(H,23,27)(H,24,25);1H;1-2H2. The van der Waals surface area contributed by atoms with E-state index < -0.39 is 23.6 Å². The molecule has 0 spiro atoms. The molecular formula is C21H29ClN4O6. The van der Waals surface area contributed by atoms with Crippen molar-refractivity contribution in [3.05, 3.63) is 58.7 Å². The van der Waals surface area contributed by atoms with Crippen LogP contribution in [0.1, 0.15) is 52.6 Å². The maximum atomic E-state index is 12.5. The molecular weight excluding hydrogens is 440 g/mol. The van der Waals surface area contributed by atoms with Crippen molar-refractivity contribution >= 4 is 36.1 Å². The Morgan fingerprint density at radius 2 is 1.50 bits per heavy atom. The molecule has 7 N–H and O–H groups in total. The highest BCUT2D eigenvalue weighted by molar-refractivity contribution is 5.93. The normalized spacial score (nSPS) is 9.97. The Bertz CT molecular complexity index is 960. The molecule has 176 valence electrons. The first kappa shape index (κ1) is 28.7. The van der Waals surface area contributed by atoms with E-state index in [0.717, 1.165) is 5.56 Å². The van der Waals surface area contributed by atoms with Gasteiger partial charge in [-0.2, -0.15) is 0 Å². The van der Waals surface area contributed by atoms with Gasteiger partial charge < -0.3 is 14.6 Å². The maximum Gasteiger partial charge on any atom is 0.426 e. The van der Waals surface area contributed by atoms with Crippen molar-refractivity contribution in [2.24, 2.45) is 11.7 Å². The van der Waals surface area contributed by atoms with E-state index >= 15 is 0 Å². The number of aromatic carboxylic acids is 1. The smallest absolute Gasteiger partial charge is 0.426 e. The molecule has 0 unspecified atom stereocenters. The van der Waals surface area contributed by atoms with Crippen molar-refractivity contribution in [1.29, 1.82) is 0 Å².